The van der Waals surface area contributed by atoms with Crippen LogP contribution in [0, 0.1) is 0 Å². The third kappa shape index (κ3) is 4.55. The van der Waals surface area contributed by atoms with Gasteiger partial charge in [-0.2, -0.15) is 0 Å². The van der Waals surface area contributed by atoms with Crippen molar-refractivity contribution < 1.29 is 28.2 Å². The molecule has 7 heteroatoms. The van der Waals surface area contributed by atoms with Crippen molar-refractivity contribution in [1.82, 2.24) is 0 Å². The number of fused-ring (bicyclic) bond motifs is 3. The fraction of sp³-hybridized carbons (Fsp3) is 0.375. The lowest BCUT2D eigenvalue weighted by Gasteiger charge is -2.33. The van der Waals surface area contributed by atoms with Crippen LogP contribution in [-0.4, -0.2) is 23.6 Å². The van der Waals surface area contributed by atoms with E-state index < -0.39 is 35.4 Å². The number of rotatable bonds is 5. The highest BCUT2D eigenvalue weighted by Gasteiger charge is 2.50. The molecule has 2 atom stereocenters. The molecular formula is C24H26O7. The van der Waals surface area contributed by atoms with Gasteiger partial charge < -0.3 is 18.6 Å². The standard InChI is InChI=1S/C24H26O7/c1-7-14(4)23(27)31-24(5,6)22-21(30-18(26)12-13(2)3)19-16(28-22)10-8-15-9-11-17(25)29-20(15)19/h7-12,21-22H,1-6H3/b14-7+/t21-,22?/m1/s1. The molecule has 0 saturated carbocycles. The summed E-state index contributed by atoms with van der Waals surface area (Å²) in [6.45, 7) is 10.3. The molecule has 0 N–H and O–H groups in total. The number of hydrogen-bond donors (Lipinski definition) is 0. The topological polar surface area (TPSA) is 92.0 Å². The Morgan fingerprint density at radius 2 is 1.77 bits per heavy atom. The first-order valence-corrected chi connectivity index (χ1v) is 9.98. The molecule has 0 fully saturated rings. The molecule has 2 aromatic rings. The van der Waals surface area contributed by atoms with Crippen molar-refractivity contribution in [2.45, 2.75) is 59.4 Å². The van der Waals surface area contributed by atoms with E-state index in [1.165, 1.54) is 12.1 Å². The minimum atomic E-state index is -1.17. The number of carbonyl (C=O) groups is 2. The van der Waals surface area contributed by atoms with E-state index in [1.807, 2.05) is 0 Å². The van der Waals surface area contributed by atoms with Crippen molar-refractivity contribution in [3.8, 4) is 5.75 Å². The molecule has 3 rings (SSSR count). The summed E-state index contributed by atoms with van der Waals surface area (Å²) in [5.74, 6) is -0.681. The fourth-order valence-electron chi connectivity index (χ4n) is 3.38. The maximum Gasteiger partial charge on any atom is 0.336 e. The predicted octanol–water partition coefficient (Wildman–Crippen LogP) is 4.39. The van der Waals surface area contributed by atoms with E-state index in [-0.39, 0.29) is 5.58 Å². The van der Waals surface area contributed by atoms with Crippen LogP contribution in [-0.2, 0) is 19.1 Å². The van der Waals surface area contributed by atoms with Gasteiger partial charge in [-0.15, -0.1) is 0 Å². The molecule has 7 nitrogen and oxygen atoms in total. The Balaban J connectivity index is 2.10. The normalized spacial score (nSPS) is 18.2. The van der Waals surface area contributed by atoms with Crippen LogP contribution in [0.3, 0.4) is 0 Å². The van der Waals surface area contributed by atoms with Crippen molar-refractivity contribution in [2.24, 2.45) is 0 Å². The van der Waals surface area contributed by atoms with Crippen LogP contribution in [0.15, 0.2) is 56.8 Å². The first kappa shape index (κ1) is 22.3. The Bertz CT molecular complexity index is 1150. The van der Waals surface area contributed by atoms with Crippen molar-refractivity contribution >= 4 is 22.9 Å². The molecule has 0 amide bonds. The Morgan fingerprint density at radius 3 is 2.42 bits per heavy atom. The van der Waals surface area contributed by atoms with E-state index in [0.717, 1.165) is 5.57 Å². The zero-order chi connectivity index (χ0) is 22.9. The summed E-state index contributed by atoms with van der Waals surface area (Å²) >= 11 is 0. The van der Waals surface area contributed by atoms with Crippen molar-refractivity contribution in [3.63, 3.8) is 0 Å². The molecule has 2 heterocycles. The van der Waals surface area contributed by atoms with Gasteiger partial charge in [-0.25, -0.2) is 14.4 Å². The van der Waals surface area contributed by atoms with Crippen molar-refractivity contribution in [1.29, 1.82) is 0 Å². The van der Waals surface area contributed by atoms with Gasteiger partial charge in [0.25, 0.3) is 0 Å². The van der Waals surface area contributed by atoms with Gasteiger partial charge in [-0.05, 0) is 59.7 Å². The summed E-state index contributed by atoms with van der Waals surface area (Å²) in [5.41, 5.74) is 0.208. The van der Waals surface area contributed by atoms with Crippen LogP contribution in [0.2, 0.25) is 0 Å². The zero-order valence-corrected chi connectivity index (χ0v) is 18.5. The molecule has 0 radical (unpaired) electrons. The molecule has 164 valence electrons. The lowest BCUT2D eigenvalue weighted by atomic mass is 9.93. The minimum absolute atomic E-state index is 0.272. The summed E-state index contributed by atoms with van der Waals surface area (Å²) in [6.07, 6.45) is 1.19. The van der Waals surface area contributed by atoms with Gasteiger partial charge in [0, 0.05) is 23.1 Å². The number of carbonyl (C=O) groups excluding carboxylic acids is 2. The second-order valence-corrected chi connectivity index (χ2v) is 8.23. The van der Waals surface area contributed by atoms with E-state index in [4.69, 9.17) is 18.6 Å². The first-order valence-electron chi connectivity index (χ1n) is 9.98. The third-order valence-electron chi connectivity index (χ3n) is 5.05. The van der Waals surface area contributed by atoms with Crippen LogP contribution in [0.5, 0.6) is 5.75 Å². The smallest absolute Gasteiger partial charge is 0.336 e. The molecule has 1 aliphatic heterocycles. The van der Waals surface area contributed by atoms with Gasteiger partial charge in [-0.3, -0.25) is 0 Å². The third-order valence-corrected chi connectivity index (χ3v) is 5.05. The van der Waals surface area contributed by atoms with Gasteiger partial charge in [0.05, 0.1) is 5.56 Å². The summed E-state index contributed by atoms with van der Waals surface area (Å²) in [7, 11) is 0. The molecule has 31 heavy (non-hydrogen) atoms. The van der Waals surface area contributed by atoms with Crippen LogP contribution in [0.25, 0.3) is 11.0 Å². The molecule has 0 saturated heterocycles. The zero-order valence-electron chi connectivity index (χ0n) is 18.5. The predicted molar refractivity (Wildman–Crippen MR) is 115 cm³/mol. The number of ether oxygens (including phenoxy) is 3. The van der Waals surface area contributed by atoms with Crippen LogP contribution >= 0.6 is 0 Å². The number of benzene rings is 1. The summed E-state index contributed by atoms with van der Waals surface area (Å²) in [6, 6.07) is 6.41. The van der Waals surface area contributed by atoms with Gasteiger partial charge in [0.2, 0.25) is 0 Å². The minimum Gasteiger partial charge on any atom is -0.481 e. The van der Waals surface area contributed by atoms with Gasteiger partial charge in [0.1, 0.15) is 16.9 Å². The lowest BCUT2D eigenvalue weighted by molar-refractivity contribution is -0.172. The quantitative estimate of drug-likeness (QED) is 0.398. The lowest BCUT2D eigenvalue weighted by Crippen LogP contribution is -2.46. The van der Waals surface area contributed by atoms with Crippen molar-refractivity contribution in [2.75, 3.05) is 0 Å². The second kappa shape index (κ2) is 8.41. The van der Waals surface area contributed by atoms with Crippen molar-refractivity contribution in [3.05, 3.63) is 63.5 Å². The molecule has 1 aromatic carbocycles. The van der Waals surface area contributed by atoms with E-state index in [2.05, 4.69) is 0 Å². The molecule has 0 bridgehead atoms. The molecule has 0 spiro atoms. The van der Waals surface area contributed by atoms with E-state index in [9.17, 15) is 14.4 Å². The molecule has 1 aromatic heterocycles. The van der Waals surface area contributed by atoms with Gasteiger partial charge in [-0.1, -0.05) is 11.6 Å². The maximum absolute atomic E-state index is 12.5. The average molecular weight is 426 g/mol. The second-order valence-electron chi connectivity index (χ2n) is 8.23. The Morgan fingerprint density at radius 1 is 1.10 bits per heavy atom. The molecular weight excluding hydrogens is 400 g/mol. The number of hydrogen-bond acceptors (Lipinski definition) is 7. The summed E-state index contributed by atoms with van der Waals surface area (Å²) < 4.78 is 23.0. The number of allylic oxidation sites excluding steroid dienone is 2. The Hall–Kier alpha value is -3.35. The SMILES string of the molecule is C/C=C(\C)C(=O)OC(C)(C)C1Oc2ccc3ccc(=O)oc3c2[C@H]1OC(=O)C=C(C)C. The Labute approximate surface area is 180 Å². The largest absolute Gasteiger partial charge is 0.481 e. The monoisotopic (exact) mass is 426 g/mol. The maximum atomic E-state index is 12.5. The molecule has 1 unspecified atom stereocenters. The summed E-state index contributed by atoms with van der Waals surface area (Å²) in [5, 5.41) is 0.658. The number of esters is 2. The average Bonchev–Trinajstić information content (AvgIpc) is 3.05. The van der Waals surface area contributed by atoms with Gasteiger partial charge >= 0.3 is 17.6 Å². The highest BCUT2D eigenvalue weighted by atomic mass is 16.6. The first-order chi connectivity index (χ1) is 14.5. The van der Waals surface area contributed by atoms with E-state index in [0.29, 0.717) is 22.3 Å². The Kier molecular flexibility index (Phi) is 6.06. The molecule has 0 aliphatic carbocycles. The fourth-order valence-corrected chi connectivity index (χ4v) is 3.38. The van der Waals surface area contributed by atoms with Crippen LogP contribution in [0.1, 0.15) is 53.2 Å². The highest BCUT2D eigenvalue weighted by Crippen LogP contribution is 2.47. The van der Waals surface area contributed by atoms with E-state index >= 15 is 0 Å². The van der Waals surface area contributed by atoms with Gasteiger partial charge in [0.15, 0.2) is 12.2 Å². The summed E-state index contributed by atoms with van der Waals surface area (Å²) in [4.78, 5) is 36.8. The molecule has 1 aliphatic rings. The van der Waals surface area contributed by atoms with Crippen LogP contribution in [0.4, 0.5) is 0 Å². The highest BCUT2D eigenvalue weighted by molar-refractivity contribution is 5.88. The van der Waals surface area contributed by atoms with Crippen LogP contribution < -0.4 is 10.4 Å². The van der Waals surface area contributed by atoms with E-state index in [1.54, 1.807) is 65.8 Å².